The molecule has 1 fully saturated rings. The molecular weight excluding hydrogens is 126 g/mol. The zero-order valence-electron chi connectivity index (χ0n) is 4.74. The molecule has 1 saturated heterocycles. The van der Waals surface area contributed by atoms with Gasteiger partial charge in [-0.15, -0.1) is 0 Å². The number of nitrogens with zero attached hydrogens (tertiary/aromatic N) is 2. The Kier molecular flexibility index (Phi) is 1.35. The van der Waals surface area contributed by atoms with Crippen LogP contribution in [0.5, 0.6) is 0 Å². The molecule has 0 bridgehead atoms. The molecule has 0 spiro atoms. The third-order valence-corrected chi connectivity index (χ3v) is 1.29. The molecule has 0 aromatic carbocycles. The highest BCUT2D eigenvalue weighted by Gasteiger charge is 2.33. The fourth-order valence-corrected chi connectivity index (χ4v) is 0.726. The first kappa shape index (κ1) is 6.40. The summed E-state index contributed by atoms with van der Waals surface area (Å²) >= 11 is 0. The van der Waals surface area contributed by atoms with Crippen LogP contribution in [0.25, 0.3) is 0 Å². The van der Waals surface area contributed by atoms with Crippen LogP contribution >= 0.6 is 0 Å². The van der Waals surface area contributed by atoms with Crippen LogP contribution in [0.3, 0.4) is 0 Å². The Morgan fingerprint density at radius 2 is 2.33 bits per heavy atom. The maximum Gasteiger partial charge on any atom is 0.239 e. The van der Waals surface area contributed by atoms with Gasteiger partial charge in [-0.05, 0) is 0 Å². The summed E-state index contributed by atoms with van der Waals surface area (Å²) in [5, 5.41) is 22.5. The lowest BCUT2D eigenvalue weighted by Gasteiger charge is -2.22. The smallest absolute Gasteiger partial charge is 0.239 e. The van der Waals surface area contributed by atoms with Crippen LogP contribution in [0.4, 0.5) is 0 Å². The van der Waals surface area contributed by atoms with Gasteiger partial charge in [0, 0.05) is 0 Å². The highest BCUT2D eigenvalue weighted by molar-refractivity contribution is 4.47. The van der Waals surface area contributed by atoms with Gasteiger partial charge in [-0.25, -0.2) is 10.1 Å². The maximum absolute atomic E-state index is 10.8. The number of rotatable bonds is 1. The Labute approximate surface area is 51.4 Å². The number of nitro groups is 1. The summed E-state index contributed by atoms with van der Waals surface area (Å²) in [5.74, 6) is 0. The second-order valence-electron chi connectivity index (χ2n) is 1.97. The molecule has 0 amide bonds. The van der Waals surface area contributed by atoms with Gasteiger partial charge in [0.05, 0.1) is 6.54 Å². The van der Waals surface area contributed by atoms with Crippen LogP contribution in [0.2, 0.25) is 0 Å². The predicted octanol–water partition coefficient (Wildman–Crippen LogP) is -0.947. The van der Waals surface area contributed by atoms with Crippen LogP contribution in [0.15, 0.2) is 0 Å². The Bertz CT molecular complexity index is 130. The standard InChI is InChI=1S/C3H7N3O3/c7-5(8)6(9)2-1-4-3-6/h4H,1-3H2. The third kappa shape index (κ3) is 0.995. The molecule has 9 heavy (non-hydrogen) atoms. The second-order valence-corrected chi connectivity index (χ2v) is 1.97. The lowest BCUT2D eigenvalue weighted by atomic mass is 10.7. The van der Waals surface area contributed by atoms with Gasteiger partial charge in [-0.3, -0.25) is 5.32 Å². The quantitative estimate of drug-likeness (QED) is 0.216. The van der Waals surface area contributed by atoms with Crippen LogP contribution in [-0.2, 0) is 0 Å². The molecule has 0 saturated carbocycles. The molecule has 1 aliphatic heterocycles. The normalized spacial score (nSPS) is 34.8. The molecule has 52 valence electrons. The fraction of sp³-hybridized carbons (Fsp3) is 1.00. The highest BCUT2D eigenvalue weighted by atomic mass is 16.8. The van der Waals surface area contributed by atoms with Gasteiger partial charge in [-0.2, -0.15) is 0 Å². The van der Waals surface area contributed by atoms with Crippen molar-refractivity contribution >= 4 is 0 Å². The summed E-state index contributed by atoms with van der Waals surface area (Å²) in [6, 6.07) is 0. The van der Waals surface area contributed by atoms with E-state index in [0.717, 1.165) is 0 Å². The van der Waals surface area contributed by atoms with E-state index in [1.807, 2.05) is 0 Å². The lowest BCUT2D eigenvalue weighted by Crippen LogP contribution is -2.45. The number of quaternary nitrogens is 1. The van der Waals surface area contributed by atoms with Crippen molar-refractivity contribution in [1.82, 2.24) is 5.32 Å². The minimum atomic E-state index is -1.33. The number of nitrogens with one attached hydrogen (secondary N) is 1. The second kappa shape index (κ2) is 1.90. The molecule has 0 aliphatic carbocycles. The molecule has 1 rings (SSSR count). The summed E-state index contributed by atoms with van der Waals surface area (Å²) in [6.45, 7) is 0.366. The summed E-state index contributed by atoms with van der Waals surface area (Å²) in [5.41, 5.74) is 0. The number of hydroxylamine groups is 2. The molecule has 0 aromatic heterocycles. The van der Waals surface area contributed by atoms with E-state index in [0.29, 0.717) is 6.54 Å². The Hall–Kier alpha value is -0.720. The predicted molar refractivity (Wildman–Crippen MR) is 28.4 cm³/mol. The van der Waals surface area contributed by atoms with E-state index >= 15 is 0 Å². The van der Waals surface area contributed by atoms with Crippen molar-refractivity contribution in [2.24, 2.45) is 0 Å². The van der Waals surface area contributed by atoms with Crippen molar-refractivity contribution in [3.63, 3.8) is 0 Å². The van der Waals surface area contributed by atoms with Gasteiger partial charge in [0.15, 0.2) is 13.2 Å². The first-order valence-electron chi connectivity index (χ1n) is 2.59. The number of hydrogen-bond acceptors (Lipinski definition) is 4. The zero-order valence-corrected chi connectivity index (χ0v) is 4.74. The van der Waals surface area contributed by atoms with Gasteiger partial charge in [0.1, 0.15) is 0 Å². The minimum Gasteiger partial charge on any atom is -0.568 e. The van der Waals surface area contributed by atoms with E-state index in [2.05, 4.69) is 5.32 Å². The van der Waals surface area contributed by atoms with Gasteiger partial charge >= 0.3 is 0 Å². The molecule has 6 heteroatoms. The lowest BCUT2D eigenvalue weighted by molar-refractivity contribution is -1.29. The Balaban J connectivity index is 2.61. The molecule has 1 aliphatic rings. The first-order chi connectivity index (χ1) is 4.15. The van der Waals surface area contributed by atoms with E-state index < -0.39 is 9.79 Å². The summed E-state index contributed by atoms with van der Waals surface area (Å²) in [4.78, 5) is 9.95. The van der Waals surface area contributed by atoms with Gasteiger partial charge in [0.2, 0.25) is 5.03 Å². The fourth-order valence-electron chi connectivity index (χ4n) is 0.726. The van der Waals surface area contributed by atoms with Crippen molar-refractivity contribution in [1.29, 1.82) is 0 Å². The first-order valence-corrected chi connectivity index (χ1v) is 2.59. The molecular formula is C3H7N3O3. The molecule has 1 N–H and O–H groups in total. The van der Waals surface area contributed by atoms with E-state index in [9.17, 15) is 15.3 Å². The SMILES string of the molecule is O=[N+]([O-])[N+]1([O-])CCNC1. The third-order valence-electron chi connectivity index (χ3n) is 1.29. The Morgan fingerprint density at radius 1 is 1.67 bits per heavy atom. The molecule has 1 heterocycles. The molecule has 6 nitrogen and oxygen atoms in total. The van der Waals surface area contributed by atoms with E-state index in [4.69, 9.17) is 0 Å². The van der Waals surface area contributed by atoms with Gasteiger partial charge in [0.25, 0.3) is 0 Å². The zero-order chi connectivity index (χ0) is 6.91. The topological polar surface area (TPSA) is 78.2 Å². The summed E-state index contributed by atoms with van der Waals surface area (Å²) in [6.07, 6.45) is 0. The largest absolute Gasteiger partial charge is 0.568 e. The highest BCUT2D eigenvalue weighted by Crippen LogP contribution is 2.05. The molecule has 1 unspecified atom stereocenters. The van der Waals surface area contributed by atoms with E-state index in [1.54, 1.807) is 0 Å². The molecule has 1 atom stereocenters. The average molecular weight is 133 g/mol. The van der Waals surface area contributed by atoms with Crippen molar-refractivity contribution < 1.29 is 9.79 Å². The van der Waals surface area contributed by atoms with E-state index in [-0.39, 0.29) is 13.2 Å². The number of hydrogen-bond donors (Lipinski definition) is 1. The summed E-state index contributed by atoms with van der Waals surface area (Å²) in [7, 11) is 0. The van der Waals surface area contributed by atoms with Crippen molar-refractivity contribution in [2.45, 2.75) is 0 Å². The van der Waals surface area contributed by atoms with Crippen LogP contribution < -0.4 is 5.32 Å². The average Bonchev–Trinajstić information content (AvgIpc) is 2.16. The van der Waals surface area contributed by atoms with Crippen LogP contribution in [-0.4, -0.2) is 29.5 Å². The maximum atomic E-state index is 10.8. The monoisotopic (exact) mass is 133 g/mol. The Morgan fingerprint density at radius 3 is 2.56 bits per heavy atom. The molecule has 0 radical (unpaired) electrons. The van der Waals surface area contributed by atoms with E-state index in [1.165, 1.54) is 0 Å². The van der Waals surface area contributed by atoms with Crippen molar-refractivity contribution in [2.75, 3.05) is 19.8 Å². The van der Waals surface area contributed by atoms with Crippen LogP contribution in [0, 0.1) is 15.3 Å². The van der Waals surface area contributed by atoms with Crippen LogP contribution in [0.1, 0.15) is 0 Å². The van der Waals surface area contributed by atoms with Gasteiger partial charge < -0.3 is 5.21 Å². The van der Waals surface area contributed by atoms with Crippen molar-refractivity contribution in [3.05, 3.63) is 15.3 Å². The summed E-state index contributed by atoms with van der Waals surface area (Å²) < 4.78 is -1.33. The minimum absolute atomic E-state index is 0.0347. The van der Waals surface area contributed by atoms with Crippen molar-refractivity contribution in [3.8, 4) is 0 Å². The van der Waals surface area contributed by atoms with Gasteiger partial charge in [-0.1, -0.05) is 4.76 Å². The molecule has 0 aromatic rings.